The molecule has 2 unspecified atom stereocenters. The molecule has 0 amide bonds. The minimum atomic E-state index is -4.27. The topological polar surface area (TPSA) is 122 Å². The number of hydrogen-bond donors (Lipinski definition) is 3. The van der Waals surface area contributed by atoms with Gasteiger partial charge in [0.05, 0.1) is 16.5 Å². The maximum Gasteiger partial charge on any atom is 0.327 e. The van der Waals surface area contributed by atoms with Crippen LogP contribution in [0.5, 0.6) is 5.75 Å². The largest absolute Gasteiger partial charge is 0.489 e. The number of carboxylic acid groups (broad SMARTS) is 1. The van der Waals surface area contributed by atoms with Gasteiger partial charge in [0.15, 0.2) is 11.3 Å². The monoisotopic (exact) mass is 535 g/mol. The molecule has 3 N–H and O–H groups in total. The van der Waals surface area contributed by atoms with E-state index in [0.717, 1.165) is 6.07 Å². The van der Waals surface area contributed by atoms with Crippen molar-refractivity contribution in [2.24, 2.45) is 0 Å². The number of benzene rings is 3. The van der Waals surface area contributed by atoms with E-state index in [-0.39, 0.29) is 29.4 Å². The third-order valence-electron chi connectivity index (χ3n) is 5.96. The zero-order valence-corrected chi connectivity index (χ0v) is 20.4. The van der Waals surface area contributed by atoms with Crippen molar-refractivity contribution in [2.75, 3.05) is 6.61 Å². The Hall–Kier alpha value is -3.02. The molecule has 0 aromatic heterocycles. The second kappa shape index (κ2) is 10.2. The lowest BCUT2D eigenvalue weighted by Gasteiger charge is -2.41. The molecule has 1 aliphatic rings. The number of halogens is 2. The van der Waals surface area contributed by atoms with E-state index in [0.29, 0.717) is 16.9 Å². The number of hydrogen-bond acceptors (Lipinski definition) is 6. The van der Waals surface area contributed by atoms with Gasteiger partial charge in [0.2, 0.25) is 10.0 Å². The molecule has 0 bridgehead atoms. The minimum Gasteiger partial charge on any atom is -0.489 e. The Labute approximate surface area is 212 Å². The number of carboxylic acids is 1. The van der Waals surface area contributed by atoms with Crippen molar-refractivity contribution in [1.82, 2.24) is 4.72 Å². The quantitative estimate of drug-likeness (QED) is 0.401. The van der Waals surface area contributed by atoms with Gasteiger partial charge in [-0.2, -0.15) is 4.72 Å². The van der Waals surface area contributed by atoms with Crippen LogP contribution < -0.4 is 9.46 Å². The van der Waals surface area contributed by atoms with Crippen LogP contribution in [0.1, 0.15) is 24.0 Å². The number of sulfonamides is 1. The molecule has 0 saturated carbocycles. The second-order valence-electron chi connectivity index (χ2n) is 8.43. The van der Waals surface area contributed by atoms with Crippen LogP contribution in [0.2, 0.25) is 5.02 Å². The first-order valence-corrected chi connectivity index (χ1v) is 12.8. The van der Waals surface area contributed by atoms with Gasteiger partial charge in [0.25, 0.3) is 0 Å². The summed E-state index contributed by atoms with van der Waals surface area (Å²) in [6.45, 7) is -0.542. The van der Waals surface area contributed by atoms with Gasteiger partial charge in [0, 0.05) is 17.5 Å². The normalized spacial score (nSPS) is 22.2. The SMILES string of the molecule is O=C(O)C1(NS(=O)(=O)c2ccc(OCc3ccc(F)cc3Cl)cc2)CCC(O)(c2ccccc2)OC1. The first kappa shape index (κ1) is 26.1. The van der Waals surface area contributed by atoms with Gasteiger partial charge < -0.3 is 19.7 Å². The molecule has 3 aromatic rings. The molecule has 4 rings (SSSR count). The van der Waals surface area contributed by atoms with E-state index >= 15 is 0 Å². The average Bonchev–Trinajstić information content (AvgIpc) is 2.86. The fourth-order valence-corrected chi connectivity index (χ4v) is 5.42. The van der Waals surface area contributed by atoms with Gasteiger partial charge in [-0.25, -0.2) is 12.8 Å². The van der Waals surface area contributed by atoms with Crippen molar-refractivity contribution in [2.45, 2.75) is 35.7 Å². The fourth-order valence-electron chi connectivity index (χ4n) is 3.82. The molecular weight excluding hydrogens is 513 g/mol. The molecule has 11 heteroatoms. The van der Waals surface area contributed by atoms with E-state index in [1.54, 1.807) is 30.3 Å². The van der Waals surface area contributed by atoms with Crippen molar-refractivity contribution in [3.8, 4) is 5.75 Å². The molecule has 1 heterocycles. The number of ether oxygens (including phenoxy) is 2. The van der Waals surface area contributed by atoms with Crippen molar-refractivity contribution >= 4 is 27.6 Å². The van der Waals surface area contributed by atoms with Crippen LogP contribution >= 0.6 is 11.6 Å². The fraction of sp³-hybridized carbons (Fsp3) is 0.240. The summed E-state index contributed by atoms with van der Waals surface area (Å²) in [5, 5.41) is 20.9. The summed E-state index contributed by atoms with van der Waals surface area (Å²) in [5.41, 5.74) is -0.967. The van der Waals surface area contributed by atoms with E-state index in [1.165, 1.54) is 36.4 Å². The number of carbonyl (C=O) groups is 1. The maximum atomic E-state index is 13.2. The summed E-state index contributed by atoms with van der Waals surface area (Å²) < 4.78 is 52.6. The van der Waals surface area contributed by atoms with Gasteiger partial charge in [-0.1, -0.05) is 48.0 Å². The number of nitrogens with one attached hydrogen (secondary N) is 1. The van der Waals surface area contributed by atoms with Gasteiger partial charge in [0.1, 0.15) is 18.2 Å². The Balaban J connectivity index is 1.45. The van der Waals surface area contributed by atoms with Crippen LogP contribution in [0.3, 0.4) is 0 Å². The first-order valence-electron chi connectivity index (χ1n) is 10.9. The lowest BCUT2D eigenvalue weighted by molar-refractivity contribution is -0.250. The average molecular weight is 536 g/mol. The highest BCUT2D eigenvalue weighted by Crippen LogP contribution is 2.37. The standard InChI is InChI=1S/C25H23ClFNO7S/c26-22-14-19(27)7-6-17(22)15-34-20-8-10-21(11-9-20)36(32,33)28-24(23(29)30)12-13-25(31,35-16-24)18-4-2-1-3-5-18/h1-11,14,28,31H,12-13,15-16H2,(H,29,30). The smallest absolute Gasteiger partial charge is 0.327 e. The van der Waals surface area contributed by atoms with Crippen molar-refractivity contribution in [1.29, 1.82) is 0 Å². The molecule has 0 radical (unpaired) electrons. The molecular formula is C25H23ClFNO7S. The van der Waals surface area contributed by atoms with Crippen molar-refractivity contribution in [3.63, 3.8) is 0 Å². The Morgan fingerprint density at radius 2 is 1.78 bits per heavy atom. The first-order chi connectivity index (χ1) is 17.0. The van der Waals surface area contributed by atoms with Crippen LogP contribution in [0.4, 0.5) is 4.39 Å². The van der Waals surface area contributed by atoms with Crippen LogP contribution in [0.25, 0.3) is 0 Å². The van der Waals surface area contributed by atoms with Crippen molar-refractivity contribution in [3.05, 3.63) is 94.8 Å². The van der Waals surface area contributed by atoms with E-state index in [2.05, 4.69) is 4.72 Å². The van der Waals surface area contributed by atoms with E-state index in [9.17, 15) is 27.8 Å². The number of aliphatic carboxylic acids is 1. The van der Waals surface area contributed by atoms with E-state index < -0.39 is 39.7 Å². The molecule has 1 saturated heterocycles. The Morgan fingerprint density at radius 1 is 1.08 bits per heavy atom. The molecule has 2 atom stereocenters. The highest BCUT2D eigenvalue weighted by Gasteiger charge is 2.50. The number of aliphatic hydroxyl groups is 1. The lowest BCUT2D eigenvalue weighted by atomic mass is 9.87. The summed E-state index contributed by atoms with van der Waals surface area (Å²) in [7, 11) is -4.27. The summed E-state index contributed by atoms with van der Waals surface area (Å²) in [6.07, 6.45) is -0.336. The second-order valence-corrected chi connectivity index (χ2v) is 10.5. The zero-order chi connectivity index (χ0) is 26.0. The third-order valence-corrected chi connectivity index (χ3v) is 7.86. The Bertz CT molecular complexity index is 1340. The Kier molecular flexibility index (Phi) is 7.35. The third kappa shape index (κ3) is 5.53. The van der Waals surface area contributed by atoms with Gasteiger partial charge in [-0.15, -0.1) is 0 Å². The molecule has 3 aromatic carbocycles. The lowest BCUT2D eigenvalue weighted by Crippen LogP contribution is -2.61. The van der Waals surface area contributed by atoms with E-state index in [1.807, 2.05) is 0 Å². The molecule has 1 aliphatic heterocycles. The summed E-state index contributed by atoms with van der Waals surface area (Å²) in [5.74, 6) is -3.29. The summed E-state index contributed by atoms with van der Waals surface area (Å²) in [6, 6.07) is 17.7. The molecule has 1 fully saturated rings. The minimum absolute atomic E-state index is 0.0350. The zero-order valence-electron chi connectivity index (χ0n) is 18.9. The summed E-state index contributed by atoms with van der Waals surface area (Å²) in [4.78, 5) is 11.9. The molecule has 8 nitrogen and oxygen atoms in total. The molecule has 36 heavy (non-hydrogen) atoms. The maximum absolute atomic E-state index is 13.2. The van der Waals surface area contributed by atoms with Crippen LogP contribution in [0.15, 0.2) is 77.7 Å². The van der Waals surface area contributed by atoms with Crippen LogP contribution in [-0.4, -0.2) is 36.7 Å². The highest BCUT2D eigenvalue weighted by atomic mass is 35.5. The molecule has 190 valence electrons. The molecule has 0 spiro atoms. The van der Waals surface area contributed by atoms with Gasteiger partial charge >= 0.3 is 5.97 Å². The van der Waals surface area contributed by atoms with Crippen LogP contribution in [-0.2, 0) is 31.9 Å². The predicted molar refractivity (Wildman–Crippen MR) is 128 cm³/mol. The summed E-state index contributed by atoms with van der Waals surface area (Å²) >= 11 is 5.98. The van der Waals surface area contributed by atoms with Gasteiger partial charge in [-0.05, 0) is 42.8 Å². The van der Waals surface area contributed by atoms with Crippen LogP contribution in [0, 0.1) is 5.82 Å². The highest BCUT2D eigenvalue weighted by molar-refractivity contribution is 7.89. The van der Waals surface area contributed by atoms with E-state index in [4.69, 9.17) is 21.1 Å². The predicted octanol–water partition coefficient (Wildman–Crippen LogP) is 3.82. The number of rotatable bonds is 8. The Morgan fingerprint density at radius 3 is 2.36 bits per heavy atom. The molecule has 0 aliphatic carbocycles. The van der Waals surface area contributed by atoms with Crippen molar-refractivity contribution < 1.29 is 37.3 Å². The van der Waals surface area contributed by atoms with Gasteiger partial charge in [-0.3, -0.25) is 4.79 Å².